The number of ether oxygens (including phenoxy) is 1. The molecule has 1 fully saturated rings. The molecule has 1 aliphatic rings. The zero-order valence-electron chi connectivity index (χ0n) is 15.6. The van der Waals surface area contributed by atoms with Crippen LogP contribution in [0, 0.1) is 0 Å². The summed E-state index contributed by atoms with van der Waals surface area (Å²) in [6.07, 6.45) is 1.97. The van der Waals surface area contributed by atoms with E-state index >= 15 is 0 Å². The van der Waals surface area contributed by atoms with E-state index in [1.807, 2.05) is 18.2 Å². The van der Waals surface area contributed by atoms with Crippen molar-refractivity contribution in [3.05, 3.63) is 65.7 Å². The molecule has 0 aliphatic heterocycles. The smallest absolute Gasteiger partial charge is 0.327 e. The molecule has 2 amide bonds. The van der Waals surface area contributed by atoms with Crippen LogP contribution in [-0.4, -0.2) is 37.5 Å². The monoisotopic (exact) mass is 381 g/mol. The molecule has 0 radical (unpaired) electrons. The lowest BCUT2D eigenvalue weighted by Gasteiger charge is -2.17. The Labute approximate surface area is 163 Å². The predicted molar refractivity (Wildman–Crippen MR) is 105 cm³/mol. The van der Waals surface area contributed by atoms with Crippen LogP contribution in [0.15, 0.2) is 54.6 Å². The highest BCUT2D eigenvalue weighted by Crippen LogP contribution is 2.21. The summed E-state index contributed by atoms with van der Waals surface area (Å²) >= 11 is 0. The molecule has 0 aromatic heterocycles. The lowest BCUT2D eigenvalue weighted by atomic mass is 10.1. The van der Waals surface area contributed by atoms with Crippen molar-refractivity contribution in [1.29, 1.82) is 0 Å². The third kappa shape index (κ3) is 5.17. The van der Waals surface area contributed by atoms with E-state index in [4.69, 9.17) is 4.74 Å². The summed E-state index contributed by atoms with van der Waals surface area (Å²) in [6.45, 7) is -0.118. The van der Waals surface area contributed by atoms with Crippen molar-refractivity contribution in [3.63, 3.8) is 0 Å². The second kappa shape index (κ2) is 9.14. The van der Waals surface area contributed by atoms with Crippen LogP contribution in [0.1, 0.15) is 34.8 Å². The van der Waals surface area contributed by atoms with Crippen LogP contribution in [0.3, 0.4) is 0 Å². The normalized spacial score (nSPS) is 14.0. The number of anilines is 1. The quantitative estimate of drug-likeness (QED) is 0.608. The Bertz CT molecular complexity index is 850. The van der Waals surface area contributed by atoms with E-state index in [0.29, 0.717) is 16.8 Å². The third-order valence-electron chi connectivity index (χ3n) is 4.39. The van der Waals surface area contributed by atoms with E-state index in [9.17, 15) is 14.4 Å². The van der Waals surface area contributed by atoms with Gasteiger partial charge in [-0.05, 0) is 30.5 Å². The van der Waals surface area contributed by atoms with Gasteiger partial charge in [0.05, 0.1) is 24.9 Å². The molecule has 28 heavy (non-hydrogen) atoms. The van der Waals surface area contributed by atoms with E-state index in [0.717, 1.165) is 12.8 Å². The number of hydrogen-bond acceptors (Lipinski definition) is 5. The number of amides is 2. The molecular weight excluding hydrogens is 358 g/mol. The van der Waals surface area contributed by atoms with Gasteiger partial charge in [-0.3, -0.25) is 14.9 Å². The molecular formula is C21H23N3O4. The fraction of sp³-hybridized carbons (Fsp3) is 0.286. The van der Waals surface area contributed by atoms with Crippen LogP contribution in [0.5, 0.6) is 0 Å². The summed E-state index contributed by atoms with van der Waals surface area (Å²) in [5, 5.41) is 8.56. The Morgan fingerprint density at radius 3 is 2.39 bits per heavy atom. The van der Waals surface area contributed by atoms with Crippen molar-refractivity contribution in [2.24, 2.45) is 0 Å². The Morgan fingerprint density at radius 1 is 1.04 bits per heavy atom. The first-order valence-corrected chi connectivity index (χ1v) is 9.14. The number of benzene rings is 2. The maximum Gasteiger partial charge on any atom is 0.327 e. The summed E-state index contributed by atoms with van der Waals surface area (Å²) in [5.41, 5.74) is 1.54. The molecule has 7 heteroatoms. The summed E-state index contributed by atoms with van der Waals surface area (Å²) in [6, 6.07) is 15.3. The van der Waals surface area contributed by atoms with E-state index in [-0.39, 0.29) is 24.4 Å². The number of esters is 1. The maximum absolute atomic E-state index is 12.4. The van der Waals surface area contributed by atoms with Crippen LogP contribution in [-0.2, 0) is 14.3 Å². The van der Waals surface area contributed by atoms with Gasteiger partial charge in [-0.15, -0.1) is 0 Å². The standard InChI is InChI=1S/C21H23N3O4/c1-28-21(27)19(14-7-3-2-4-8-14)22-13-18(25)24-17-10-6-5-9-16(17)20(26)23-15-11-12-15/h2-10,15,19,22H,11-13H2,1H3,(H,23,26)(H,24,25)/t19-/m1/s1. The molecule has 0 spiro atoms. The van der Waals surface area contributed by atoms with E-state index in [1.54, 1.807) is 36.4 Å². The molecule has 2 aromatic carbocycles. The fourth-order valence-electron chi connectivity index (χ4n) is 2.77. The SMILES string of the molecule is COC(=O)[C@H](NCC(=O)Nc1ccccc1C(=O)NC1CC1)c1ccccc1. The van der Waals surface area contributed by atoms with Crippen molar-refractivity contribution in [2.75, 3.05) is 19.0 Å². The number of nitrogens with one attached hydrogen (secondary N) is 3. The third-order valence-corrected chi connectivity index (χ3v) is 4.39. The number of rotatable bonds is 8. The van der Waals surface area contributed by atoms with Crippen LogP contribution < -0.4 is 16.0 Å². The molecule has 0 bridgehead atoms. The maximum atomic E-state index is 12.4. The van der Waals surface area contributed by atoms with Crippen molar-refractivity contribution < 1.29 is 19.1 Å². The molecule has 2 aromatic rings. The van der Waals surface area contributed by atoms with Gasteiger partial charge < -0.3 is 15.4 Å². The molecule has 1 saturated carbocycles. The highest BCUT2D eigenvalue weighted by Gasteiger charge is 2.25. The molecule has 1 atom stereocenters. The van der Waals surface area contributed by atoms with Crippen molar-refractivity contribution >= 4 is 23.5 Å². The summed E-state index contributed by atoms with van der Waals surface area (Å²) in [5.74, 6) is -1.05. The second-order valence-corrected chi connectivity index (χ2v) is 6.59. The van der Waals surface area contributed by atoms with Gasteiger partial charge in [0.15, 0.2) is 0 Å². The van der Waals surface area contributed by atoms with Gasteiger partial charge in [0.2, 0.25) is 5.91 Å². The first-order valence-electron chi connectivity index (χ1n) is 9.14. The Balaban J connectivity index is 1.63. The number of para-hydroxylation sites is 1. The molecule has 0 saturated heterocycles. The number of carbonyl (C=O) groups is 3. The van der Waals surface area contributed by atoms with Gasteiger partial charge >= 0.3 is 5.97 Å². The van der Waals surface area contributed by atoms with Crippen molar-refractivity contribution in [1.82, 2.24) is 10.6 Å². The Morgan fingerprint density at radius 2 is 1.71 bits per heavy atom. The van der Waals surface area contributed by atoms with Crippen LogP contribution in [0.4, 0.5) is 5.69 Å². The highest BCUT2D eigenvalue weighted by molar-refractivity contribution is 6.04. The van der Waals surface area contributed by atoms with Crippen molar-refractivity contribution in [2.45, 2.75) is 24.9 Å². The van der Waals surface area contributed by atoms with Gasteiger partial charge in [-0.25, -0.2) is 4.79 Å². The molecule has 0 unspecified atom stereocenters. The topological polar surface area (TPSA) is 96.5 Å². The summed E-state index contributed by atoms with van der Waals surface area (Å²) in [7, 11) is 1.30. The zero-order chi connectivity index (χ0) is 19.9. The zero-order valence-corrected chi connectivity index (χ0v) is 15.6. The number of carbonyl (C=O) groups excluding carboxylic acids is 3. The van der Waals surface area contributed by atoms with E-state index < -0.39 is 12.0 Å². The molecule has 7 nitrogen and oxygen atoms in total. The highest BCUT2D eigenvalue weighted by atomic mass is 16.5. The molecule has 146 valence electrons. The predicted octanol–water partition coefficient (Wildman–Crippen LogP) is 2.02. The van der Waals surface area contributed by atoms with Gasteiger partial charge in [0, 0.05) is 6.04 Å². The van der Waals surface area contributed by atoms with Gasteiger partial charge in [-0.1, -0.05) is 42.5 Å². The van der Waals surface area contributed by atoms with E-state index in [1.165, 1.54) is 7.11 Å². The molecule has 0 heterocycles. The second-order valence-electron chi connectivity index (χ2n) is 6.59. The van der Waals surface area contributed by atoms with Crippen LogP contribution >= 0.6 is 0 Å². The number of hydrogen-bond donors (Lipinski definition) is 3. The molecule has 3 N–H and O–H groups in total. The Kier molecular flexibility index (Phi) is 6.39. The van der Waals surface area contributed by atoms with Crippen LogP contribution in [0.25, 0.3) is 0 Å². The van der Waals surface area contributed by atoms with Gasteiger partial charge in [0.25, 0.3) is 5.91 Å². The minimum Gasteiger partial charge on any atom is -0.468 e. The molecule has 1 aliphatic carbocycles. The minimum atomic E-state index is -0.759. The van der Waals surface area contributed by atoms with Crippen molar-refractivity contribution in [3.8, 4) is 0 Å². The first-order chi connectivity index (χ1) is 13.6. The van der Waals surface area contributed by atoms with E-state index in [2.05, 4.69) is 16.0 Å². The van der Waals surface area contributed by atoms with Gasteiger partial charge in [-0.2, -0.15) is 0 Å². The summed E-state index contributed by atoms with van der Waals surface area (Å²) in [4.78, 5) is 36.8. The Hall–Kier alpha value is -3.19. The average molecular weight is 381 g/mol. The fourth-order valence-corrected chi connectivity index (χ4v) is 2.77. The first kappa shape index (κ1) is 19.6. The van der Waals surface area contributed by atoms with Gasteiger partial charge in [0.1, 0.15) is 6.04 Å². The average Bonchev–Trinajstić information content (AvgIpc) is 3.53. The minimum absolute atomic E-state index is 0.118. The largest absolute Gasteiger partial charge is 0.468 e. The number of methoxy groups -OCH3 is 1. The van der Waals surface area contributed by atoms with Crippen LogP contribution in [0.2, 0.25) is 0 Å². The lowest BCUT2D eigenvalue weighted by molar-refractivity contribution is -0.143. The lowest BCUT2D eigenvalue weighted by Crippen LogP contribution is -2.36. The molecule has 3 rings (SSSR count). The summed E-state index contributed by atoms with van der Waals surface area (Å²) < 4.78 is 4.82.